The second-order valence-corrected chi connectivity index (χ2v) is 5.71. The molecule has 1 fully saturated rings. The summed E-state index contributed by atoms with van der Waals surface area (Å²) in [5.74, 6) is 0. The lowest BCUT2D eigenvalue weighted by molar-refractivity contribution is 0.0879. The highest BCUT2D eigenvalue weighted by Gasteiger charge is 2.38. The van der Waals surface area contributed by atoms with Crippen LogP contribution in [-0.4, -0.2) is 31.0 Å². The fourth-order valence-electron chi connectivity index (χ4n) is 1.34. The van der Waals surface area contributed by atoms with Crippen LogP contribution >= 0.6 is 11.6 Å². The van der Waals surface area contributed by atoms with Gasteiger partial charge < -0.3 is 4.74 Å². The minimum Gasteiger partial charge on any atom is -0.366 e. The van der Waals surface area contributed by atoms with E-state index in [2.05, 4.69) is 4.99 Å². The molecule has 84 valence electrons. The number of hydrogen-bond acceptors (Lipinski definition) is 4. The van der Waals surface area contributed by atoms with Gasteiger partial charge in [0.2, 0.25) is 10.0 Å². The van der Waals surface area contributed by atoms with Crippen LogP contribution in [0.25, 0.3) is 0 Å². The third kappa shape index (κ3) is 2.57. The summed E-state index contributed by atoms with van der Waals surface area (Å²) in [6.07, 6.45) is 3.94. The first-order valence-electron chi connectivity index (χ1n) is 4.55. The average Bonchev–Trinajstić information content (AvgIpc) is 2.90. The number of hydrogen-bond donors (Lipinski definition) is 1. The number of halogens is 1. The first-order valence-corrected chi connectivity index (χ1v) is 6.54. The topological polar surface area (TPSA) is 81.8 Å². The normalized spacial score (nSPS) is 31.5. The maximum atomic E-state index is 11.3. The number of primary sulfonamides is 1. The lowest BCUT2D eigenvalue weighted by Crippen LogP contribution is -2.43. The van der Waals surface area contributed by atoms with Crippen LogP contribution in [0.3, 0.4) is 0 Å². The first-order chi connectivity index (χ1) is 6.98. The summed E-state index contributed by atoms with van der Waals surface area (Å²) in [7, 11) is -3.70. The van der Waals surface area contributed by atoms with Crippen molar-refractivity contribution < 1.29 is 13.2 Å². The lowest BCUT2D eigenvalue weighted by Gasteiger charge is -2.24. The Morgan fingerprint density at radius 3 is 2.73 bits per heavy atom. The summed E-state index contributed by atoms with van der Waals surface area (Å²) >= 11 is 5.81. The van der Waals surface area contributed by atoms with Crippen molar-refractivity contribution in [2.75, 3.05) is 0 Å². The molecule has 0 bridgehead atoms. The van der Waals surface area contributed by atoms with E-state index in [1.165, 1.54) is 12.3 Å². The quantitative estimate of drug-likeness (QED) is 0.785. The molecular formula is C8H11ClN2O3S. The maximum Gasteiger partial charge on any atom is 0.218 e. The molecule has 2 N–H and O–H groups in total. The maximum absolute atomic E-state index is 11.3. The van der Waals surface area contributed by atoms with Gasteiger partial charge in [-0.1, -0.05) is 11.6 Å². The van der Waals surface area contributed by atoms with Gasteiger partial charge in [0, 0.05) is 6.20 Å². The molecule has 1 aliphatic carbocycles. The van der Waals surface area contributed by atoms with Crippen molar-refractivity contribution in [1.29, 1.82) is 0 Å². The standard InChI is InChI=1S/C8H11ClN2O3S/c9-8-7(14-5-1-2-5)6(3-4-11-8)15(10,12)13/h3-7H,1-2H2,(H2,10,12,13). The zero-order valence-corrected chi connectivity index (χ0v) is 9.41. The first kappa shape index (κ1) is 11.1. The van der Waals surface area contributed by atoms with E-state index in [0.717, 1.165) is 12.8 Å². The van der Waals surface area contributed by atoms with E-state index in [4.69, 9.17) is 21.5 Å². The zero-order chi connectivity index (χ0) is 11.1. The lowest BCUT2D eigenvalue weighted by atomic mass is 10.2. The monoisotopic (exact) mass is 250 g/mol. The highest BCUT2D eigenvalue weighted by Crippen LogP contribution is 2.29. The van der Waals surface area contributed by atoms with Crippen LogP contribution in [0.2, 0.25) is 0 Å². The van der Waals surface area contributed by atoms with Crippen LogP contribution in [0.1, 0.15) is 12.8 Å². The SMILES string of the molecule is NS(=O)(=O)C1C=CN=C(Cl)C1OC1CC1. The second-order valence-electron chi connectivity index (χ2n) is 3.60. The highest BCUT2D eigenvalue weighted by atomic mass is 35.5. The van der Waals surface area contributed by atoms with E-state index in [1.807, 2.05) is 0 Å². The van der Waals surface area contributed by atoms with Crippen molar-refractivity contribution in [3.63, 3.8) is 0 Å². The summed E-state index contributed by atoms with van der Waals surface area (Å²) in [6, 6.07) is 0. The van der Waals surface area contributed by atoms with Crippen LogP contribution in [0.4, 0.5) is 0 Å². The van der Waals surface area contributed by atoms with Crippen LogP contribution in [-0.2, 0) is 14.8 Å². The van der Waals surface area contributed by atoms with Gasteiger partial charge in [-0.2, -0.15) is 0 Å². The summed E-state index contributed by atoms with van der Waals surface area (Å²) < 4.78 is 28.0. The molecule has 2 unspecified atom stereocenters. The smallest absolute Gasteiger partial charge is 0.218 e. The Kier molecular flexibility index (Phi) is 2.85. The van der Waals surface area contributed by atoms with Crippen molar-refractivity contribution >= 4 is 26.8 Å². The van der Waals surface area contributed by atoms with Crippen molar-refractivity contribution in [1.82, 2.24) is 0 Å². The molecular weight excluding hydrogens is 240 g/mol. The van der Waals surface area contributed by atoms with E-state index in [-0.39, 0.29) is 11.3 Å². The molecule has 0 saturated heterocycles. The minimum absolute atomic E-state index is 0.0923. The van der Waals surface area contributed by atoms with Gasteiger partial charge in [-0.15, -0.1) is 0 Å². The molecule has 0 aromatic heterocycles. The highest BCUT2D eigenvalue weighted by molar-refractivity contribution is 7.90. The molecule has 7 heteroatoms. The van der Waals surface area contributed by atoms with Gasteiger partial charge in [0.05, 0.1) is 6.10 Å². The van der Waals surface area contributed by atoms with Crippen LogP contribution in [0.15, 0.2) is 17.3 Å². The van der Waals surface area contributed by atoms with Crippen molar-refractivity contribution in [2.24, 2.45) is 10.1 Å². The molecule has 2 atom stereocenters. The Morgan fingerprint density at radius 2 is 2.20 bits per heavy atom. The molecule has 0 amide bonds. The summed E-state index contributed by atoms with van der Waals surface area (Å²) in [6.45, 7) is 0. The van der Waals surface area contributed by atoms with Gasteiger partial charge in [0.1, 0.15) is 16.5 Å². The van der Waals surface area contributed by atoms with E-state index in [1.54, 1.807) is 0 Å². The Bertz CT molecular complexity index is 414. The number of sulfonamides is 1. The Balaban J connectivity index is 2.20. The molecule has 0 aromatic carbocycles. The van der Waals surface area contributed by atoms with E-state index < -0.39 is 21.4 Å². The molecule has 0 radical (unpaired) electrons. The molecule has 1 saturated carbocycles. The Morgan fingerprint density at radius 1 is 1.53 bits per heavy atom. The molecule has 2 rings (SSSR count). The fraction of sp³-hybridized carbons (Fsp3) is 0.625. The number of aliphatic imine (C=N–C) groups is 1. The average molecular weight is 251 g/mol. The number of ether oxygens (including phenoxy) is 1. The van der Waals surface area contributed by atoms with Crippen molar-refractivity contribution in [3.05, 3.63) is 12.3 Å². The van der Waals surface area contributed by atoms with Gasteiger partial charge in [0.15, 0.2) is 0 Å². The van der Waals surface area contributed by atoms with E-state index in [0.29, 0.717) is 0 Å². The number of nitrogens with two attached hydrogens (primary N) is 1. The van der Waals surface area contributed by atoms with Gasteiger partial charge in [0.25, 0.3) is 0 Å². The largest absolute Gasteiger partial charge is 0.366 e. The molecule has 1 aliphatic heterocycles. The predicted molar refractivity (Wildman–Crippen MR) is 57.2 cm³/mol. The van der Waals surface area contributed by atoms with Crippen LogP contribution in [0.5, 0.6) is 0 Å². The number of rotatable bonds is 3. The molecule has 5 nitrogen and oxygen atoms in total. The Hall–Kier alpha value is -0.430. The zero-order valence-electron chi connectivity index (χ0n) is 7.84. The molecule has 0 spiro atoms. The molecule has 2 aliphatic rings. The summed E-state index contributed by atoms with van der Waals surface area (Å²) in [5, 5.41) is 4.30. The van der Waals surface area contributed by atoms with Crippen molar-refractivity contribution in [2.45, 2.75) is 30.3 Å². The van der Waals surface area contributed by atoms with E-state index >= 15 is 0 Å². The number of nitrogens with zero attached hydrogens (tertiary/aromatic N) is 1. The summed E-state index contributed by atoms with van der Waals surface area (Å²) in [5.41, 5.74) is 0. The van der Waals surface area contributed by atoms with Crippen LogP contribution < -0.4 is 5.14 Å². The third-order valence-electron chi connectivity index (χ3n) is 2.25. The summed E-state index contributed by atoms with van der Waals surface area (Å²) in [4.78, 5) is 3.81. The van der Waals surface area contributed by atoms with Gasteiger partial charge in [-0.05, 0) is 18.9 Å². The third-order valence-corrected chi connectivity index (χ3v) is 3.73. The molecule has 15 heavy (non-hydrogen) atoms. The van der Waals surface area contributed by atoms with Gasteiger partial charge >= 0.3 is 0 Å². The molecule has 1 heterocycles. The second kappa shape index (κ2) is 3.86. The van der Waals surface area contributed by atoms with Gasteiger partial charge in [-0.3, -0.25) is 0 Å². The van der Waals surface area contributed by atoms with Crippen LogP contribution in [0, 0.1) is 0 Å². The van der Waals surface area contributed by atoms with Crippen molar-refractivity contribution in [3.8, 4) is 0 Å². The fourth-order valence-corrected chi connectivity index (χ4v) is 2.48. The Labute approximate surface area is 93.0 Å². The minimum atomic E-state index is -3.70. The molecule has 0 aromatic rings. The predicted octanol–water partition coefficient (Wildman–Crippen LogP) is 0.356. The van der Waals surface area contributed by atoms with E-state index in [9.17, 15) is 8.42 Å². The van der Waals surface area contributed by atoms with Gasteiger partial charge in [-0.25, -0.2) is 18.5 Å².